The number of nitrogens with zero attached hydrogens (tertiary/aromatic N) is 1. The van der Waals surface area contributed by atoms with Crippen LogP contribution in [-0.2, 0) is 4.79 Å². The van der Waals surface area contributed by atoms with Crippen LogP contribution in [0.1, 0.15) is 16.6 Å². The molecule has 0 fully saturated rings. The van der Waals surface area contributed by atoms with Gasteiger partial charge in [0.2, 0.25) is 5.91 Å². The van der Waals surface area contributed by atoms with Crippen LogP contribution in [0, 0.1) is 6.92 Å². The van der Waals surface area contributed by atoms with E-state index in [9.17, 15) is 4.79 Å². The van der Waals surface area contributed by atoms with Gasteiger partial charge < -0.3 is 11.1 Å². The van der Waals surface area contributed by atoms with E-state index in [2.05, 4.69) is 10.3 Å². The Morgan fingerprint density at radius 1 is 1.56 bits per heavy atom. The van der Waals surface area contributed by atoms with Crippen LogP contribution in [0.25, 0.3) is 0 Å². The zero-order chi connectivity index (χ0) is 11.5. The van der Waals surface area contributed by atoms with Crippen molar-refractivity contribution in [1.82, 2.24) is 4.98 Å². The van der Waals surface area contributed by atoms with E-state index in [-0.39, 0.29) is 5.91 Å². The molecule has 0 spiro atoms. The molecule has 0 saturated carbocycles. The Morgan fingerprint density at radius 2 is 2.38 bits per heavy atom. The van der Waals surface area contributed by atoms with Crippen LogP contribution in [0.2, 0.25) is 0 Å². The van der Waals surface area contributed by atoms with Gasteiger partial charge in [0.05, 0.1) is 5.69 Å². The molecule has 0 bridgehead atoms. The van der Waals surface area contributed by atoms with E-state index in [1.54, 1.807) is 0 Å². The Balaban J connectivity index is 2.03. The van der Waals surface area contributed by atoms with Gasteiger partial charge in [-0.1, -0.05) is 6.07 Å². The maximum absolute atomic E-state index is 11.8. The highest BCUT2D eigenvalue weighted by Crippen LogP contribution is 2.20. The topological polar surface area (TPSA) is 68.0 Å². The first kappa shape index (κ1) is 11.3. The van der Waals surface area contributed by atoms with Crippen molar-refractivity contribution in [3.63, 3.8) is 0 Å². The molecule has 0 aromatic carbocycles. The fourth-order valence-electron chi connectivity index (χ4n) is 1.19. The lowest BCUT2D eigenvalue weighted by Crippen LogP contribution is -2.26. The van der Waals surface area contributed by atoms with Crippen molar-refractivity contribution < 1.29 is 4.79 Å². The minimum atomic E-state index is -0.621. The van der Waals surface area contributed by atoms with Gasteiger partial charge in [0.15, 0.2) is 5.13 Å². The predicted octanol–water partition coefficient (Wildman–Crippen LogP) is 2.15. The number of hydrogen-bond acceptors (Lipinski definition) is 5. The van der Waals surface area contributed by atoms with Crippen molar-refractivity contribution in [2.45, 2.75) is 13.0 Å². The molecule has 0 aliphatic rings. The molecule has 0 radical (unpaired) electrons. The third-order valence-electron chi connectivity index (χ3n) is 1.98. The number of thiazole rings is 1. The van der Waals surface area contributed by atoms with Crippen molar-refractivity contribution >= 4 is 33.7 Å². The van der Waals surface area contributed by atoms with Gasteiger partial charge in [-0.3, -0.25) is 4.79 Å². The molecule has 2 aromatic heterocycles. The number of carbonyl (C=O) groups is 1. The van der Waals surface area contributed by atoms with Gasteiger partial charge in [0.1, 0.15) is 6.04 Å². The molecule has 6 heteroatoms. The minimum Gasteiger partial charge on any atom is -0.316 e. The van der Waals surface area contributed by atoms with E-state index in [4.69, 9.17) is 5.73 Å². The monoisotopic (exact) mass is 253 g/mol. The Labute approximate surface area is 101 Å². The van der Waals surface area contributed by atoms with E-state index in [1.807, 2.05) is 29.8 Å². The molecule has 3 N–H and O–H groups in total. The van der Waals surface area contributed by atoms with Crippen LogP contribution in [0.15, 0.2) is 22.9 Å². The number of nitrogens with two attached hydrogens (primary N) is 1. The highest BCUT2D eigenvalue weighted by Gasteiger charge is 2.17. The molecule has 2 heterocycles. The summed E-state index contributed by atoms with van der Waals surface area (Å²) in [6.07, 6.45) is 0. The van der Waals surface area contributed by atoms with E-state index in [0.717, 1.165) is 10.6 Å². The molecule has 16 heavy (non-hydrogen) atoms. The van der Waals surface area contributed by atoms with Gasteiger partial charge in [-0.05, 0) is 18.4 Å². The normalized spacial score (nSPS) is 12.4. The second-order valence-electron chi connectivity index (χ2n) is 3.28. The highest BCUT2D eigenvalue weighted by molar-refractivity contribution is 7.14. The molecular weight excluding hydrogens is 242 g/mol. The van der Waals surface area contributed by atoms with Gasteiger partial charge >= 0.3 is 0 Å². The van der Waals surface area contributed by atoms with Crippen LogP contribution in [0.3, 0.4) is 0 Å². The lowest BCUT2D eigenvalue weighted by Gasteiger charge is -2.08. The van der Waals surface area contributed by atoms with Gasteiger partial charge in [0.25, 0.3) is 0 Å². The Morgan fingerprint density at radius 3 is 2.94 bits per heavy atom. The summed E-state index contributed by atoms with van der Waals surface area (Å²) in [5, 5.41) is 7.07. The molecule has 2 rings (SSSR count). The quantitative estimate of drug-likeness (QED) is 0.880. The lowest BCUT2D eigenvalue weighted by molar-refractivity contribution is -0.117. The maximum Gasteiger partial charge on any atom is 0.248 e. The number of carbonyl (C=O) groups excluding carboxylic acids is 1. The third-order valence-corrected chi connectivity index (χ3v) is 3.81. The van der Waals surface area contributed by atoms with Gasteiger partial charge in [-0.2, -0.15) is 0 Å². The molecule has 1 atom stereocenters. The Kier molecular flexibility index (Phi) is 3.33. The largest absolute Gasteiger partial charge is 0.316 e. The SMILES string of the molecule is Cc1csc(NC(=O)C(N)c2cccs2)n1. The number of nitrogens with one attached hydrogen (secondary N) is 1. The average Bonchev–Trinajstić information content (AvgIpc) is 2.88. The highest BCUT2D eigenvalue weighted by atomic mass is 32.1. The zero-order valence-corrected chi connectivity index (χ0v) is 10.3. The number of aromatic nitrogens is 1. The number of rotatable bonds is 3. The second-order valence-corrected chi connectivity index (χ2v) is 5.11. The van der Waals surface area contributed by atoms with Crippen LogP contribution >= 0.6 is 22.7 Å². The summed E-state index contributed by atoms with van der Waals surface area (Å²) in [6.45, 7) is 1.88. The number of hydrogen-bond donors (Lipinski definition) is 2. The molecule has 0 saturated heterocycles. The van der Waals surface area contributed by atoms with Crippen LogP contribution < -0.4 is 11.1 Å². The zero-order valence-electron chi connectivity index (χ0n) is 8.64. The Bertz CT molecular complexity index is 478. The number of anilines is 1. The molecule has 0 aliphatic heterocycles. The van der Waals surface area contributed by atoms with Gasteiger partial charge in [-0.15, -0.1) is 22.7 Å². The Hall–Kier alpha value is -1.24. The number of thiophene rings is 1. The van der Waals surface area contributed by atoms with Crippen molar-refractivity contribution in [3.05, 3.63) is 33.5 Å². The molecule has 2 aromatic rings. The molecule has 0 aliphatic carbocycles. The van der Waals surface area contributed by atoms with Crippen molar-refractivity contribution in [3.8, 4) is 0 Å². The van der Waals surface area contributed by atoms with Crippen molar-refractivity contribution in [2.24, 2.45) is 5.73 Å². The fraction of sp³-hybridized carbons (Fsp3) is 0.200. The molecule has 1 unspecified atom stereocenters. The number of amides is 1. The van der Waals surface area contributed by atoms with E-state index in [1.165, 1.54) is 22.7 Å². The fourth-order valence-corrected chi connectivity index (χ4v) is 2.61. The summed E-state index contributed by atoms with van der Waals surface area (Å²) in [7, 11) is 0. The second kappa shape index (κ2) is 4.73. The summed E-state index contributed by atoms with van der Waals surface area (Å²) >= 11 is 2.87. The summed E-state index contributed by atoms with van der Waals surface area (Å²) < 4.78 is 0. The van der Waals surface area contributed by atoms with Crippen LogP contribution in [-0.4, -0.2) is 10.9 Å². The summed E-state index contributed by atoms with van der Waals surface area (Å²) in [5.41, 5.74) is 6.71. The first-order valence-corrected chi connectivity index (χ1v) is 6.44. The molecule has 84 valence electrons. The lowest BCUT2D eigenvalue weighted by atomic mass is 10.2. The molecule has 1 amide bonds. The first-order chi connectivity index (χ1) is 7.66. The van der Waals surface area contributed by atoms with E-state index < -0.39 is 6.04 Å². The average molecular weight is 253 g/mol. The van der Waals surface area contributed by atoms with E-state index >= 15 is 0 Å². The van der Waals surface area contributed by atoms with Crippen molar-refractivity contribution in [2.75, 3.05) is 5.32 Å². The molecular formula is C10H11N3OS2. The first-order valence-electron chi connectivity index (χ1n) is 4.69. The minimum absolute atomic E-state index is 0.225. The summed E-state index contributed by atoms with van der Waals surface area (Å²) in [5.74, 6) is -0.225. The standard InChI is InChI=1S/C10H11N3OS2/c1-6-5-16-10(12-6)13-9(14)8(11)7-3-2-4-15-7/h2-5,8H,11H2,1H3,(H,12,13,14). The molecule has 4 nitrogen and oxygen atoms in total. The summed E-state index contributed by atoms with van der Waals surface area (Å²) in [4.78, 5) is 16.8. The summed E-state index contributed by atoms with van der Waals surface area (Å²) in [6, 6.07) is 3.10. The smallest absolute Gasteiger partial charge is 0.248 e. The van der Waals surface area contributed by atoms with Gasteiger partial charge in [0, 0.05) is 10.3 Å². The van der Waals surface area contributed by atoms with Crippen molar-refractivity contribution in [1.29, 1.82) is 0 Å². The number of aryl methyl sites for hydroxylation is 1. The van der Waals surface area contributed by atoms with Crippen LogP contribution in [0.4, 0.5) is 5.13 Å². The van der Waals surface area contributed by atoms with E-state index in [0.29, 0.717) is 5.13 Å². The predicted molar refractivity (Wildman–Crippen MR) is 66.7 cm³/mol. The maximum atomic E-state index is 11.8. The van der Waals surface area contributed by atoms with Crippen LogP contribution in [0.5, 0.6) is 0 Å². The van der Waals surface area contributed by atoms with Gasteiger partial charge in [-0.25, -0.2) is 4.98 Å². The third kappa shape index (κ3) is 2.46.